The fraction of sp³-hybridized carbons (Fsp3) is 0.429. The number of likely N-dealkylation sites (tertiary alicyclic amines) is 1. The van der Waals surface area contributed by atoms with Crippen LogP contribution < -0.4 is 10.6 Å². The van der Waals surface area contributed by atoms with Crippen molar-refractivity contribution >= 4 is 17.9 Å². The minimum atomic E-state index is -0.677. The van der Waals surface area contributed by atoms with Crippen LogP contribution in [0, 0.1) is 30.6 Å². The number of imidazole rings is 3. The van der Waals surface area contributed by atoms with Gasteiger partial charge in [-0.3, -0.25) is 9.59 Å². The van der Waals surface area contributed by atoms with E-state index in [0.29, 0.717) is 24.9 Å². The fourth-order valence-corrected chi connectivity index (χ4v) is 9.09. The maximum atomic E-state index is 13.5. The summed E-state index contributed by atoms with van der Waals surface area (Å²) in [5, 5.41) is 5.84. The van der Waals surface area contributed by atoms with Crippen molar-refractivity contribution in [3.8, 4) is 33.6 Å². The van der Waals surface area contributed by atoms with Gasteiger partial charge in [0.1, 0.15) is 23.5 Å². The molecule has 0 spiro atoms. The molecule has 8 rings (SSSR count). The molecule has 5 N–H and O–H groups in total. The number of aryl methyl sites for hydroxylation is 1. The molecule has 1 saturated heterocycles. The normalized spacial score (nSPS) is 22.3. The Morgan fingerprint density at radius 2 is 1.44 bits per heavy atom. The summed E-state index contributed by atoms with van der Waals surface area (Å²) in [4.78, 5) is 64.9. The summed E-state index contributed by atoms with van der Waals surface area (Å²) in [6, 6.07) is 15.9. The number of hydrogen-bond acceptors (Lipinski definition) is 7. The van der Waals surface area contributed by atoms with Gasteiger partial charge >= 0.3 is 6.09 Å². The molecule has 286 valence electrons. The van der Waals surface area contributed by atoms with Gasteiger partial charge in [0.2, 0.25) is 11.8 Å². The van der Waals surface area contributed by atoms with Crippen molar-refractivity contribution < 1.29 is 19.1 Å². The Kier molecular flexibility index (Phi) is 10.0. The molecule has 3 amide bonds. The maximum Gasteiger partial charge on any atom is 0.407 e. The van der Waals surface area contributed by atoms with Crippen LogP contribution in [0.4, 0.5) is 4.79 Å². The fourth-order valence-electron chi connectivity index (χ4n) is 9.09. The number of carbonyl (C=O) groups excluding carboxylic acids is 3. The Morgan fingerprint density at radius 1 is 0.818 bits per heavy atom. The number of alkyl carbamates (subject to hydrolysis) is 1. The van der Waals surface area contributed by atoms with Crippen molar-refractivity contribution in [2.45, 2.75) is 77.4 Å². The van der Waals surface area contributed by atoms with E-state index in [0.717, 1.165) is 88.9 Å². The molecule has 13 heteroatoms. The van der Waals surface area contributed by atoms with Crippen LogP contribution in [0.25, 0.3) is 33.6 Å². The lowest BCUT2D eigenvalue weighted by atomic mass is 9.78. The predicted molar refractivity (Wildman–Crippen MR) is 207 cm³/mol. The van der Waals surface area contributed by atoms with Crippen molar-refractivity contribution in [2.24, 2.45) is 23.7 Å². The molecule has 3 fully saturated rings. The lowest BCUT2D eigenvalue weighted by Gasteiger charge is -2.30. The van der Waals surface area contributed by atoms with Gasteiger partial charge in [0.05, 0.1) is 49.4 Å². The number of ether oxygens (including phenoxy) is 1. The molecule has 6 atom stereocenters. The summed E-state index contributed by atoms with van der Waals surface area (Å²) in [6.45, 7) is 6.78. The second-order valence-corrected chi connectivity index (χ2v) is 15.7. The molecule has 2 saturated carbocycles. The number of amides is 3. The smallest absolute Gasteiger partial charge is 0.407 e. The highest BCUT2D eigenvalue weighted by Gasteiger charge is 2.52. The minimum absolute atomic E-state index is 0.0849. The van der Waals surface area contributed by atoms with Crippen molar-refractivity contribution in [2.75, 3.05) is 13.7 Å². The average Bonchev–Trinajstić information content (AvgIpc) is 4.06. The van der Waals surface area contributed by atoms with Crippen LogP contribution in [0.3, 0.4) is 0 Å². The first-order valence-electron chi connectivity index (χ1n) is 19.4. The maximum absolute atomic E-state index is 13.5. The minimum Gasteiger partial charge on any atom is -0.453 e. The highest BCUT2D eigenvalue weighted by molar-refractivity contribution is 5.86. The molecular weight excluding hydrogens is 695 g/mol. The molecule has 4 heterocycles. The van der Waals surface area contributed by atoms with E-state index in [2.05, 4.69) is 84.1 Å². The van der Waals surface area contributed by atoms with Crippen molar-refractivity contribution in [1.29, 1.82) is 0 Å². The lowest BCUT2D eigenvalue weighted by molar-refractivity contribution is -0.135. The molecule has 3 aromatic heterocycles. The van der Waals surface area contributed by atoms with Gasteiger partial charge < -0.3 is 35.2 Å². The summed E-state index contributed by atoms with van der Waals surface area (Å²) in [5.41, 5.74) is 7.03. The Labute approximate surface area is 320 Å². The molecule has 2 aliphatic carbocycles. The number of aromatic nitrogens is 6. The van der Waals surface area contributed by atoms with Crippen LogP contribution in [-0.4, -0.2) is 72.4 Å². The van der Waals surface area contributed by atoms with Crippen LogP contribution in [0.2, 0.25) is 0 Å². The summed E-state index contributed by atoms with van der Waals surface area (Å²) >= 11 is 0. The lowest BCUT2D eigenvalue weighted by Crippen LogP contribution is -2.51. The molecule has 1 aliphatic heterocycles. The molecule has 13 nitrogen and oxygen atoms in total. The Balaban J connectivity index is 0.917. The summed E-state index contributed by atoms with van der Waals surface area (Å²) in [7, 11) is 1.30. The van der Waals surface area contributed by atoms with Gasteiger partial charge in [-0.2, -0.15) is 0 Å². The molecule has 2 aromatic carbocycles. The Morgan fingerprint density at radius 3 is 2.05 bits per heavy atom. The van der Waals surface area contributed by atoms with Crippen LogP contribution in [0.5, 0.6) is 0 Å². The quantitative estimate of drug-likeness (QED) is 0.101. The van der Waals surface area contributed by atoms with Gasteiger partial charge in [0.15, 0.2) is 0 Å². The SMILES string of the molecule is COC(=O)NC(C(=O)N1CCC[C@H]1c1ncc(-c2ccc(-c3ccc(-c4cnc([C@@H]5[C@H]6CC[C@H](C6)[C@H]5C(=O)NCc5ncc(C)[nH]5)[nH]4)cc3)cc2)[nH]1)C(C)C. The third kappa shape index (κ3) is 7.27. The third-order valence-electron chi connectivity index (χ3n) is 11.9. The number of hydrogen-bond donors (Lipinski definition) is 5. The number of rotatable bonds is 11. The van der Waals surface area contributed by atoms with E-state index in [1.165, 1.54) is 7.11 Å². The van der Waals surface area contributed by atoms with Crippen molar-refractivity contribution in [3.63, 3.8) is 0 Å². The van der Waals surface area contributed by atoms with Gasteiger partial charge in [-0.05, 0) is 79.0 Å². The molecule has 55 heavy (non-hydrogen) atoms. The van der Waals surface area contributed by atoms with Gasteiger partial charge in [-0.1, -0.05) is 62.4 Å². The van der Waals surface area contributed by atoms with E-state index in [-0.39, 0.29) is 35.6 Å². The van der Waals surface area contributed by atoms with E-state index in [9.17, 15) is 14.4 Å². The van der Waals surface area contributed by atoms with Crippen LogP contribution in [-0.2, 0) is 20.9 Å². The highest BCUT2D eigenvalue weighted by Crippen LogP contribution is 2.56. The van der Waals surface area contributed by atoms with Crippen LogP contribution in [0.1, 0.15) is 81.1 Å². The monoisotopic (exact) mass is 743 g/mol. The van der Waals surface area contributed by atoms with Crippen LogP contribution >= 0.6 is 0 Å². The first-order valence-corrected chi connectivity index (χ1v) is 19.4. The Bertz CT molecular complexity index is 2150. The predicted octanol–water partition coefficient (Wildman–Crippen LogP) is 6.66. The zero-order valence-electron chi connectivity index (χ0n) is 31.8. The first-order chi connectivity index (χ1) is 26.7. The number of aromatic amines is 3. The van der Waals surface area contributed by atoms with Crippen molar-refractivity contribution in [3.05, 3.63) is 90.3 Å². The second kappa shape index (κ2) is 15.2. The van der Waals surface area contributed by atoms with Gasteiger partial charge in [-0.15, -0.1) is 0 Å². The zero-order valence-corrected chi connectivity index (χ0v) is 31.8. The Hall–Kier alpha value is -5.72. The third-order valence-corrected chi connectivity index (χ3v) is 11.9. The summed E-state index contributed by atoms with van der Waals surface area (Å²) in [5.74, 6) is 3.12. The second-order valence-electron chi connectivity index (χ2n) is 15.7. The molecular formula is C42H49N9O4. The van der Waals surface area contributed by atoms with E-state index < -0.39 is 12.1 Å². The highest BCUT2D eigenvalue weighted by atomic mass is 16.5. The molecule has 5 aromatic rings. The summed E-state index contributed by atoms with van der Waals surface area (Å²) in [6.07, 6.45) is 9.84. The topological polar surface area (TPSA) is 174 Å². The van der Waals surface area contributed by atoms with Gasteiger partial charge in [0.25, 0.3) is 0 Å². The van der Waals surface area contributed by atoms with Crippen molar-refractivity contribution in [1.82, 2.24) is 45.4 Å². The van der Waals surface area contributed by atoms with Crippen LogP contribution in [0.15, 0.2) is 67.1 Å². The number of methoxy groups -OCH3 is 1. The number of fused-ring (bicyclic) bond motifs is 2. The molecule has 1 unspecified atom stereocenters. The van der Waals surface area contributed by atoms with E-state index in [1.807, 2.05) is 38.1 Å². The molecule has 3 aliphatic rings. The number of benzene rings is 2. The van der Waals surface area contributed by atoms with E-state index in [4.69, 9.17) is 9.72 Å². The van der Waals surface area contributed by atoms with E-state index >= 15 is 0 Å². The standard InChI is InChI=1S/C42H49N9O4/c1-23(2)37(50-42(54)55-4)41(53)51-17-5-6-33(51)38-44-20-31(48-38)27-11-7-25(8-12-27)26-9-13-28(14-10-26)32-21-45-39(49-32)35-29-15-16-30(18-29)36(35)40(52)46-22-34-43-19-24(3)47-34/h7-14,19-21,23,29-30,33,35-37H,5-6,15-18,22H2,1-4H3,(H,43,47)(H,44,48)(H,45,49)(H,46,52)(H,50,54)/t29-,30+,33-,35+,36+,37?/m0/s1. The first kappa shape index (κ1) is 36.3. The average molecular weight is 744 g/mol. The number of carbonyl (C=O) groups is 3. The zero-order chi connectivity index (χ0) is 38.2. The van der Waals surface area contributed by atoms with Gasteiger partial charge in [-0.25, -0.2) is 19.7 Å². The molecule has 2 bridgehead atoms. The number of H-pyrrole nitrogens is 3. The number of nitrogens with one attached hydrogen (secondary N) is 5. The van der Waals surface area contributed by atoms with Gasteiger partial charge in [0, 0.05) is 24.4 Å². The summed E-state index contributed by atoms with van der Waals surface area (Å²) < 4.78 is 4.76. The largest absolute Gasteiger partial charge is 0.453 e. The molecule has 0 radical (unpaired) electrons. The van der Waals surface area contributed by atoms with E-state index in [1.54, 1.807) is 6.20 Å². The number of nitrogens with zero attached hydrogens (tertiary/aromatic N) is 4.